The van der Waals surface area contributed by atoms with Crippen molar-refractivity contribution in [1.29, 1.82) is 0 Å². The standard InChI is InChI=1S/C25H21N5O3S/c1-15(2)30-23-19(14-26-30)18(13-20(29-23)21-5-3-11-33-21)24(31)27-16-7-9-17(10-8-16)28-25(32)22-6-4-12-34-22/h3-15H,1-2H3,(H,27,31)(H,28,32). The Morgan fingerprint density at radius 3 is 2.35 bits per heavy atom. The third-order valence-electron chi connectivity index (χ3n) is 5.22. The molecular weight excluding hydrogens is 450 g/mol. The van der Waals surface area contributed by atoms with Crippen molar-refractivity contribution in [2.45, 2.75) is 19.9 Å². The number of furan rings is 1. The molecule has 0 spiro atoms. The number of aromatic nitrogens is 3. The summed E-state index contributed by atoms with van der Waals surface area (Å²) >= 11 is 1.38. The Bertz CT molecular complexity index is 1450. The number of benzene rings is 1. The van der Waals surface area contributed by atoms with Gasteiger partial charge in [-0.1, -0.05) is 6.07 Å². The van der Waals surface area contributed by atoms with Crippen molar-refractivity contribution in [3.8, 4) is 11.5 Å². The molecule has 5 aromatic rings. The van der Waals surface area contributed by atoms with Crippen LogP contribution in [0.4, 0.5) is 11.4 Å². The van der Waals surface area contributed by atoms with Gasteiger partial charge in [0.05, 0.1) is 28.3 Å². The van der Waals surface area contributed by atoms with Crippen LogP contribution in [0.25, 0.3) is 22.5 Å². The van der Waals surface area contributed by atoms with E-state index in [1.807, 2.05) is 25.3 Å². The van der Waals surface area contributed by atoms with Crippen LogP contribution >= 0.6 is 11.3 Å². The van der Waals surface area contributed by atoms with Gasteiger partial charge in [-0.15, -0.1) is 11.3 Å². The number of anilines is 2. The van der Waals surface area contributed by atoms with Crippen LogP contribution in [0, 0.1) is 0 Å². The molecule has 2 amide bonds. The minimum Gasteiger partial charge on any atom is -0.463 e. The summed E-state index contributed by atoms with van der Waals surface area (Å²) < 4.78 is 7.29. The van der Waals surface area contributed by atoms with Crippen molar-refractivity contribution in [3.05, 3.63) is 82.9 Å². The molecule has 34 heavy (non-hydrogen) atoms. The van der Waals surface area contributed by atoms with Crippen molar-refractivity contribution in [1.82, 2.24) is 14.8 Å². The number of fused-ring (bicyclic) bond motifs is 1. The molecule has 0 radical (unpaired) electrons. The average Bonchev–Trinajstić information content (AvgIpc) is 3.61. The van der Waals surface area contributed by atoms with Crippen molar-refractivity contribution in [2.75, 3.05) is 10.6 Å². The normalized spacial score (nSPS) is 11.1. The van der Waals surface area contributed by atoms with Gasteiger partial charge in [-0.2, -0.15) is 5.10 Å². The molecule has 0 unspecified atom stereocenters. The van der Waals surface area contributed by atoms with Crippen LogP contribution in [-0.4, -0.2) is 26.6 Å². The third kappa shape index (κ3) is 4.20. The molecule has 0 fully saturated rings. The Balaban J connectivity index is 1.41. The molecule has 0 saturated carbocycles. The fourth-order valence-corrected chi connectivity index (χ4v) is 4.19. The topological polar surface area (TPSA) is 102 Å². The second-order valence-electron chi connectivity index (χ2n) is 7.92. The fraction of sp³-hybridized carbons (Fsp3) is 0.120. The molecule has 4 heterocycles. The van der Waals surface area contributed by atoms with Gasteiger partial charge in [-0.3, -0.25) is 9.59 Å². The molecule has 2 N–H and O–H groups in total. The number of carbonyl (C=O) groups is 2. The van der Waals surface area contributed by atoms with E-state index in [2.05, 4.69) is 15.7 Å². The highest BCUT2D eigenvalue weighted by atomic mass is 32.1. The van der Waals surface area contributed by atoms with Gasteiger partial charge in [-0.05, 0) is 67.8 Å². The molecule has 8 nitrogen and oxygen atoms in total. The van der Waals surface area contributed by atoms with Crippen LogP contribution in [0.5, 0.6) is 0 Å². The highest BCUT2D eigenvalue weighted by Crippen LogP contribution is 2.27. The van der Waals surface area contributed by atoms with E-state index in [-0.39, 0.29) is 17.9 Å². The van der Waals surface area contributed by atoms with Crippen molar-refractivity contribution >= 4 is 45.6 Å². The molecule has 0 bridgehead atoms. The maximum atomic E-state index is 13.3. The molecule has 4 aromatic heterocycles. The van der Waals surface area contributed by atoms with E-state index in [0.29, 0.717) is 44.3 Å². The van der Waals surface area contributed by atoms with Crippen LogP contribution < -0.4 is 10.6 Å². The first-order valence-corrected chi connectivity index (χ1v) is 11.6. The summed E-state index contributed by atoms with van der Waals surface area (Å²) in [6.07, 6.45) is 3.23. The first kappa shape index (κ1) is 21.6. The van der Waals surface area contributed by atoms with Crippen molar-refractivity contribution < 1.29 is 14.0 Å². The van der Waals surface area contributed by atoms with E-state index in [4.69, 9.17) is 9.40 Å². The zero-order valence-electron chi connectivity index (χ0n) is 18.5. The number of hydrogen-bond acceptors (Lipinski definition) is 6. The monoisotopic (exact) mass is 471 g/mol. The van der Waals surface area contributed by atoms with Crippen LogP contribution in [0.1, 0.15) is 39.9 Å². The Morgan fingerprint density at radius 1 is 1.00 bits per heavy atom. The van der Waals surface area contributed by atoms with Gasteiger partial charge in [0.25, 0.3) is 11.8 Å². The van der Waals surface area contributed by atoms with Crippen LogP contribution in [-0.2, 0) is 0 Å². The maximum absolute atomic E-state index is 13.3. The first-order chi connectivity index (χ1) is 16.5. The summed E-state index contributed by atoms with van der Waals surface area (Å²) in [7, 11) is 0. The molecule has 0 atom stereocenters. The van der Waals surface area contributed by atoms with Crippen LogP contribution in [0.2, 0.25) is 0 Å². The molecule has 0 aliphatic rings. The van der Waals surface area contributed by atoms with Gasteiger partial charge in [0, 0.05) is 17.4 Å². The van der Waals surface area contributed by atoms with Crippen LogP contribution in [0.15, 0.2) is 76.9 Å². The number of nitrogens with zero attached hydrogens (tertiary/aromatic N) is 3. The van der Waals surface area contributed by atoms with Crippen molar-refractivity contribution in [3.63, 3.8) is 0 Å². The first-order valence-electron chi connectivity index (χ1n) is 10.7. The van der Waals surface area contributed by atoms with E-state index in [1.54, 1.807) is 65.7 Å². The number of nitrogens with one attached hydrogen (secondary N) is 2. The smallest absolute Gasteiger partial charge is 0.265 e. The fourth-order valence-electron chi connectivity index (χ4n) is 3.57. The summed E-state index contributed by atoms with van der Waals surface area (Å²) in [6, 6.07) is 15.9. The third-order valence-corrected chi connectivity index (χ3v) is 6.09. The maximum Gasteiger partial charge on any atom is 0.265 e. The van der Waals surface area contributed by atoms with Gasteiger partial charge >= 0.3 is 0 Å². The largest absolute Gasteiger partial charge is 0.463 e. The molecule has 0 aliphatic heterocycles. The van der Waals surface area contributed by atoms with Gasteiger partial charge in [0.1, 0.15) is 5.69 Å². The zero-order valence-corrected chi connectivity index (χ0v) is 19.3. The number of carbonyl (C=O) groups excluding carboxylic acids is 2. The van der Waals surface area contributed by atoms with Gasteiger partial charge in [0.2, 0.25) is 0 Å². The molecule has 0 aliphatic carbocycles. The second-order valence-corrected chi connectivity index (χ2v) is 8.86. The van der Waals surface area contributed by atoms with Crippen molar-refractivity contribution in [2.24, 2.45) is 0 Å². The SMILES string of the molecule is CC(C)n1ncc2c(C(=O)Nc3ccc(NC(=O)c4cccs4)cc3)cc(-c3ccco3)nc21. The van der Waals surface area contributed by atoms with E-state index < -0.39 is 0 Å². The van der Waals surface area contributed by atoms with E-state index in [1.165, 1.54) is 11.3 Å². The number of amides is 2. The quantitative estimate of drug-likeness (QED) is 0.324. The minimum absolute atomic E-state index is 0.0738. The predicted molar refractivity (Wildman–Crippen MR) is 132 cm³/mol. The van der Waals surface area contributed by atoms with Gasteiger partial charge in [-0.25, -0.2) is 9.67 Å². The molecule has 0 saturated heterocycles. The Hall–Kier alpha value is -4.24. The number of pyridine rings is 1. The highest BCUT2D eigenvalue weighted by molar-refractivity contribution is 7.12. The molecular formula is C25H21N5O3S. The Morgan fingerprint density at radius 2 is 1.74 bits per heavy atom. The molecule has 9 heteroatoms. The summed E-state index contributed by atoms with van der Waals surface area (Å²) in [5.74, 6) is 0.107. The zero-order chi connectivity index (χ0) is 23.7. The molecule has 170 valence electrons. The minimum atomic E-state index is -0.293. The van der Waals surface area contributed by atoms with Gasteiger partial charge < -0.3 is 15.1 Å². The summed E-state index contributed by atoms with van der Waals surface area (Å²) in [5, 5.41) is 12.7. The number of rotatable bonds is 6. The summed E-state index contributed by atoms with van der Waals surface area (Å²) in [6.45, 7) is 4.01. The molecule has 5 rings (SSSR count). The predicted octanol–water partition coefficient (Wildman–Crippen LogP) is 5.84. The lowest BCUT2D eigenvalue weighted by Gasteiger charge is -2.11. The lowest BCUT2D eigenvalue weighted by Crippen LogP contribution is -2.14. The number of hydrogen-bond donors (Lipinski definition) is 2. The van der Waals surface area contributed by atoms with Gasteiger partial charge in [0.15, 0.2) is 11.4 Å². The number of thiophene rings is 1. The summed E-state index contributed by atoms with van der Waals surface area (Å²) in [4.78, 5) is 30.8. The highest BCUT2D eigenvalue weighted by Gasteiger charge is 2.19. The molecule has 1 aromatic carbocycles. The Kier molecular flexibility index (Phi) is 5.69. The Labute approximate surface area is 199 Å². The van der Waals surface area contributed by atoms with E-state index in [0.717, 1.165) is 0 Å². The lowest BCUT2D eigenvalue weighted by molar-refractivity contribution is 0.102. The lowest BCUT2D eigenvalue weighted by atomic mass is 10.1. The van der Waals surface area contributed by atoms with E-state index in [9.17, 15) is 9.59 Å². The summed E-state index contributed by atoms with van der Waals surface area (Å²) in [5.41, 5.74) is 2.84. The van der Waals surface area contributed by atoms with E-state index >= 15 is 0 Å². The van der Waals surface area contributed by atoms with Crippen LogP contribution in [0.3, 0.4) is 0 Å². The second kappa shape index (κ2) is 8.95. The average molecular weight is 472 g/mol.